The van der Waals surface area contributed by atoms with E-state index in [1.54, 1.807) is 24.3 Å². The molecule has 24 heavy (non-hydrogen) atoms. The average molecular weight is 369 g/mol. The van der Waals surface area contributed by atoms with Crippen molar-refractivity contribution >= 4 is 35.0 Å². The Bertz CT molecular complexity index is 748. The predicted molar refractivity (Wildman–Crippen MR) is 91.7 cm³/mol. The molecule has 0 saturated heterocycles. The Morgan fingerprint density at radius 3 is 2.54 bits per heavy atom. The fraction of sp³-hybridized carbons (Fsp3) is 0.176. The topological polar surface area (TPSA) is 49.4 Å². The van der Waals surface area contributed by atoms with Crippen LogP contribution in [0.2, 0.25) is 10.0 Å². The van der Waals surface area contributed by atoms with E-state index >= 15 is 0 Å². The van der Waals surface area contributed by atoms with Crippen LogP contribution in [-0.4, -0.2) is 30.3 Å². The van der Waals surface area contributed by atoms with Crippen molar-refractivity contribution in [2.75, 3.05) is 13.6 Å². The zero-order valence-corrected chi connectivity index (χ0v) is 14.4. The monoisotopic (exact) mass is 368 g/mol. The standard InChI is InChI=1S/C17H15Cl2FN2O2/c1-22(10-13-14(19)6-3-7-15(13)20)16(23)9-21-17(24)11-4-2-5-12(18)8-11/h2-8H,9-10H2,1H3,(H,21,24). The van der Waals surface area contributed by atoms with E-state index in [2.05, 4.69) is 5.32 Å². The molecule has 0 spiro atoms. The highest BCUT2D eigenvalue weighted by Crippen LogP contribution is 2.20. The normalized spacial score (nSPS) is 10.3. The fourth-order valence-corrected chi connectivity index (χ4v) is 2.44. The van der Waals surface area contributed by atoms with Crippen LogP contribution in [0.25, 0.3) is 0 Å². The second-order valence-corrected chi connectivity index (χ2v) is 5.99. The summed E-state index contributed by atoms with van der Waals surface area (Å²) in [6, 6.07) is 10.7. The second-order valence-electron chi connectivity index (χ2n) is 5.14. The Morgan fingerprint density at radius 2 is 1.88 bits per heavy atom. The van der Waals surface area contributed by atoms with E-state index in [0.29, 0.717) is 10.6 Å². The van der Waals surface area contributed by atoms with Gasteiger partial charge < -0.3 is 10.2 Å². The van der Waals surface area contributed by atoms with Gasteiger partial charge in [-0.1, -0.05) is 35.3 Å². The van der Waals surface area contributed by atoms with Gasteiger partial charge in [-0.25, -0.2) is 4.39 Å². The Morgan fingerprint density at radius 1 is 1.17 bits per heavy atom. The van der Waals surface area contributed by atoms with Gasteiger partial charge in [0, 0.05) is 34.8 Å². The van der Waals surface area contributed by atoms with Crippen LogP contribution in [0.4, 0.5) is 4.39 Å². The fourth-order valence-electron chi connectivity index (χ4n) is 2.03. The molecule has 1 N–H and O–H groups in total. The maximum atomic E-state index is 13.7. The molecule has 0 aromatic heterocycles. The minimum Gasteiger partial charge on any atom is -0.343 e. The number of hydrogen-bond donors (Lipinski definition) is 1. The van der Waals surface area contributed by atoms with E-state index in [1.807, 2.05) is 0 Å². The van der Waals surface area contributed by atoms with Crippen molar-refractivity contribution in [1.82, 2.24) is 10.2 Å². The van der Waals surface area contributed by atoms with Gasteiger partial charge in [-0.2, -0.15) is 0 Å². The van der Waals surface area contributed by atoms with Gasteiger partial charge in [0.2, 0.25) is 5.91 Å². The molecule has 0 fully saturated rings. The molecule has 0 aliphatic heterocycles. The highest BCUT2D eigenvalue weighted by Gasteiger charge is 2.15. The first-order chi connectivity index (χ1) is 11.4. The summed E-state index contributed by atoms with van der Waals surface area (Å²) in [6.45, 7) is -0.203. The predicted octanol–water partition coefficient (Wildman–Crippen LogP) is 3.52. The zero-order valence-electron chi connectivity index (χ0n) is 12.9. The molecule has 2 aromatic carbocycles. The minimum absolute atomic E-state index is 0.0113. The summed E-state index contributed by atoms with van der Waals surface area (Å²) in [6.07, 6.45) is 0. The summed E-state index contributed by atoms with van der Waals surface area (Å²) in [7, 11) is 1.51. The van der Waals surface area contributed by atoms with Crippen LogP contribution < -0.4 is 5.32 Å². The van der Waals surface area contributed by atoms with E-state index in [9.17, 15) is 14.0 Å². The first-order valence-electron chi connectivity index (χ1n) is 7.09. The smallest absolute Gasteiger partial charge is 0.251 e. The highest BCUT2D eigenvalue weighted by atomic mass is 35.5. The van der Waals surface area contributed by atoms with Gasteiger partial charge in [-0.3, -0.25) is 9.59 Å². The number of nitrogens with one attached hydrogen (secondary N) is 1. The quantitative estimate of drug-likeness (QED) is 0.877. The first-order valence-corrected chi connectivity index (χ1v) is 7.84. The molecule has 7 heteroatoms. The number of carbonyl (C=O) groups excluding carboxylic acids is 2. The lowest BCUT2D eigenvalue weighted by atomic mass is 10.2. The van der Waals surface area contributed by atoms with Gasteiger partial charge >= 0.3 is 0 Å². The van der Waals surface area contributed by atoms with E-state index in [-0.39, 0.29) is 29.6 Å². The maximum absolute atomic E-state index is 13.7. The number of carbonyl (C=O) groups is 2. The van der Waals surface area contributed by atoms with Crippen molar-refractivity contribution in [3.63, 3.8) is 0 Å². The number of likely N-dealkylation sites (N-methyl/N-ethyl adjacent to an activating group) is 1. The molecule has 0 radical (unpaired) electrons. The Hall–Kier alpha value is -2.11. The summed E-state index contributed by atoms with van der Waals surface area (Å²) in [5.74, 6) is -1.27. The molecule has 0 unspecified atom stereocenters. The van der Waals surface area contributed by atoms with E-state index < -0.39 is 11.7 Å². The number of halogens is 3. The van der Waals surface area contributed by atoms with Gasteiger partial charge in [0.15, 0.2) is 0 Å². The van der Waals surface area contributed by atoms with Crippen LogP contribution in [-0.2, 0) is 11.3 Å². The Kier molecular flexibility index (Phi) is 6.17. The molecule has 0 atom stereocenters. The van der Waals surface area contributed by atoms with Crippen LogP contribution in [0.5, 0.6) is 0 Å². The molecular formula is C17H15Cl2FN2O2. The number of benzene rings is 2. The largest absolute Gasteiger partial charge is 0.343 e. The summed E-state index contributed by atoms with van der Waals surface area (Å²) in [4.78, 5) is 25.4. The minimum atomic E-state index is -0.481. The van der Waals surface area contributed by atoms with Crippen LogP contribution >= 0.6 is 23.2 Å². The average Bonchev–Trinajstić information content (AvgIpc) is 2.55. The van der Waals surface area contributed by atoms with Crippen LogP contribution in [0.1, 0.15) is 15.9 Å². The Balaban J connectivity index is 1.93. The molecule has 2 amide bonds. The highest BCUT2D eigenvalue weighted by molar-refractivity contribution is 6.31. The SMILES string of the molecule is CN(Cc1c(F)cccc1Cl)C(=O)CNC(=O)c1cccc(Cl)c1. The van der Waals surface area contributed by atoms with Gasteiger partial charge in [-0.15, -0.1) is 0 Å². The third kappa shape index (κ3) is 4.69. The summed E-state index contributed by atoms with van der Waals surface area (Å²) < 4.78 is 13.7. The molecule has 0 aliphatic rings. The van der Waals surface area contributed by atoms with Crippen LogP contribution in [0.3, 0.4) is 0 Å². The van der Waals surface area contributed by atoms with Gasteiger partial charge in [-0.05, 0) is 30.3 Å². The summed E-state index contributed by atoms with van der Waals surface area (Å²) in [5.41, 5.74) is 0.589. The number of amides is 2. The lowest BCUT2D eigenvalue weighted by Gasteiger charge is -2.18. The second kappa shape index (κ2) is 8.13. The number of nitrogens with zero attached hydrogens (tertiary/aromatic N) is 1. The third-order valence-electron chi connectivity index (χ3n) is 3.37. The molecule has 4 nitrogen and oxygen atoms in total. The molecule has 0 saturated carbocycles. The van der Waals surface area contributed by atoms with Crippen LogP contribution in [0.15, 0.2) is 42.5 Å². The molecule has 0 aliphatic carbocycles. The molecule has 0 heterocycles. The van der Waals surface area contributed by atoms with Crippen molar-refractivity contribution in [3.8, 4) is 0 Å². The summed E-state index contributed by atoms with van der Waals surface area (Å²) >= 11 is 11.8. The maximum Gasteiger partial charge on any atom is 0.251 e. The molecule has 0 bridgehead atoms. The molecule has 2 rings (SSSR count). The lowest BCUT2D eigenvalue weighted by Crippen LogP contribution is -2.38. The first kappa shape index (κ1) is 18.2. The van der Waals surface area contributed by atoms with Gasteiger partial charge in [0.25, 0.3) is 5.91 Å². The molecule has 2 aromatic rings. The van der Waals surface area contributed by atoms with Crippen molar-refractivity contribution < 1.29 is 14.0 Å². The number of rotatable bonds is 5. The molecule has 126 valence electrons. The van der Waals surface area contributed by atoms with Crippen molar-refractivity contribution in [2.45, 2.75) is 6.54 Å². The van der Waals surface area contributed by atoms with Crippen molar-refractivity contribution in [1.29, 1.82) is 0 Å². The number of hydrogen-bond acceptors (Lipinski definition) is 2. The molecular weight excluding hydrogens is 354 g/mol. The lowest BCUT2D eigenvalue weighted by molar-refractivity contribution is -0.129. The summed E-state index contributed by atoms with van der Waals surface area (Å²) in [5, 5.41) is 3.18. The van der Waals surface area contributed by atoms with E-state index in [0.717, 1.165) is 0 Å². The van der Waals surface area contributed by atoms with E-state index in [4.69, 9.17) is 23.2 Å². The van der Waals surface area contributed by atoms with Crippen molar-refractivity contribution in [3.05, 3.63) is 69.5 Å². The van der Waals surface area contributed by atoms with Crippen molar-refractivity contribution in [2.24, 2.45) is 0 Å². The third-order valence-corrected chi connectivity index (χ3v) is 3.96. The van der Waals surface area contributed by atoms with Gasteiger partial charge in [0.05, 0.1) is 6.54 Å². The van der Waals surface area contributed by atoms with Crippen LogP contribution in [0, 0.1) is 5.82 Å². The Labute approximate surface area is 149 Å². The zero-order chi connectivity index (χ0) is 17.7. The van der Waals surface area contributed by atoms with Gasteiger partial charge in [0.1, 0.15) is 5.82 Å². The van der Waals surface area contributed by atoms with E-state index in [1.165, 1.54) is 30.1 Å².